The first kappa shape index (κ1) is 16.8. The number of aryl methyl sites for hydroxylation is 1. The zero-order valence-electron chi connectivity index (χ0n) is 15.1. The van der Waals surface area contributed by atoms with Crippen LogP contribution in [-0.4, -0.2) is 22.0 Å². The number of fused-ring (bicyclic) bond motifs is 3. The molecule has 0 N–H and O–H groups in total. The van der Waals surface area contributed by atoms with Crippen LogP contribution < -0.4 is 0 Å². The Morgan fingerprint density at radius 3 is 2.63 bits per heavy atom. The van der Waals surface area contributed by atoms with Crippen LogP contribution >= 0.6 is 0 Å². The molecule has 0 aliphatic rings. The molecule has 2 heterocycles. The van der Waals surface area contributed by atoms with Crippen molar-refractivity contribution in [3.8, 4) is 17.3 Å². The predicted octanol–water partition coefficient (Wildman–Crippen LogP) is 4.51. The number of benzene rings is 2. The van der Waals surface area contributed by atoms with E-state index < -0.39 is 5.97 Å². The Kier molecular flexibility index (Phi) is 4.09. The van der Waals surface area contributed by atoms with E-state index in [1.165, 1.54) is 0 Å². The van der Waals surface area contributed by atoms with Gasteiger partial charge >= 0.3 is 5.97 Å². The van der Waals surface area contributed by atoms with E-state index in [2.05, 4.69) is 11.1 Å². The molecule has 0 aliphatic heterocycles. The lowest BCUT2D eigenvalue weighted by atomic mass is 10.0. The first-order valence-corrected chi connectivity index (χ1v) is 8.72. The number of hydrogen-bond donors (Lipinski definition) is 0. The average molecular weight is 355 g/mol. The monoisotopic (exact) mass is 355 g/mol. The minimum absolute atomic E-state index is 0.223. The molecule has 2 aromatic heterocycles. The molecule has 132 valence electrons. The summed E-state index contributed by atoms with van der Waals surface area (Å²) in [5, 5.41) is 9.75. The summed E-state index contributed by atoms with van der Waals surface area (Å²) in [7, 11) is 0. The van der Waals surface area contributed by atoms with Gasteiger partial charge in [0.25, 0.3) is 0 Å². The summed E-state index contributed by atoms with van der Waals surface area (Å²) in [4.78, 5) is 17.1. The van der Waals surface area contributed by atoms with E-state index in [1.807, 2.05) is 59.9 Å². The smallest absolute Gasteiger partial charge is 0.339 e. The number of esters is 1. The first-order valence-electron chi connectivity index (χ1n) is 8.72. The van der Waals surface area contributed by atoms with Gasteiger partial charge in [-0.2, -0.15) is 5.26 Å². The van der Waals surface area contributed by atoms with Gasteiger partial charge in [-0.25, -0.2) is 9.78 Å². The van der Waals surface area contributed by atoms with E-state index in [0.29, 0.717) is 5.65 Å². The van der Waals surface area contributed by atoms with Crippen LogP contribution in [0.25, 0.3) is 27.9 Å². The van der Waals surface area contributed by atoms with Crippen molar-refractivity contribution in [2.45, 2.75) is 13.8 Å². The van der Waals surface area contributed by atoms with Gasteiger partial charge < -0.3 is 4.74 Å². The van der Waals surface area contributed by atoms with Crippen LogP contribution in [-0.2, 0) is 4.74 Å². The summed E-state index contributed by atoms with van der Waals surface area (Å²) in [5.41, 5.74) is 5.44. The van der Waals surface area contributed by atoms with Crippen molar-refractivity contribution in [2.24, 2.45) is 0 Å². The van der Waals surface area contributed by atoms with Crippen molar-refractivity contribution in [1.82, 2.24) is 9.38 Å². The highest BCUT2D eigenvalue weighted by Crippen LogP contribution is 2.30. The lowest BCUT2D eigenvalue weighted by Crippen LogP contribution is -2.10. The van der Waals surface area contributed by atoms with Crippen LogP contribution in [0.5, 0.6) is 0 Å². The van der Waals surface area contributed by atoms with Gasteiger partial charge in [-0.1, -0.05) is 42.0 Å². The molecule has 5 heteroatoms. The molecule has 0 bridgehead atoms. The Morgan fingerprint density at radius 1 is 1.19 bits per heavy atom. The van der Waals surface area contributed by atoms with E-state index in [-0.39, 0.29) is 17.7 Å². The predicted molar refractivity (Wildman–Crippen MR) is 104 cm³/mol. The molecular formula is C22H17N3O2. The maximum Gasteiger partial charge on any atom is 0.339 e. The molecule has 2 aromatic carbocycles. The molecular weight excluding hydrogens is 338 g/mol. The third-order valence-corrected chi connectivity index (χ3v) is 4.53. The zero-order valence-corrected chi connectivity index (χ0v) is 15.1. The van der Waals surface area contributed by atoms with E-state index in [0.717, 1.165) is 27.9 Å². The molecule has 4 rings (SSSR count). The number of hydrogen-bond acceptors (Lipinski definition) is 4. The second kappa shape index (κ2) is 6.58. The Hall–Kier alpha value is -3.65. The Labute approximate surface area is 156 Å². The maximum atomic E-state index is 12.5. The number of rotatable bonds is 3. The highest BCUT2D eigenvalue weighted by Gasteiger charge is 2.22. The average Bonchev–Trinajstić information content (AvgIpc) is 3.07. The van der Waals surface area contributed by atoms with Gasteiger partial charge in [0.15, 0.2) is 5.65 Å². The molecule has 4 aromatic rings. The van der Waals surface area contributed by atoms with Gasteiger partial charge in [-0.15, -0.1) is 0 Å². The molecule has 0 atom stereocenters. The molecule has 0 radical (unpaired) electrons. The number of aromatic nitrogens is 2. The summed E-state index contributed by atoms with van der Waals surface area (Å²) >= 11 is 0. The largest absolute Gasteiger partial charge is 0.462 e. The van der Waals surface area contributed by atoms with Gasteiger partial charge in [-0.3, -0.25) is 4.40 Å². The molecule has 0 fully saturated rings. The van der Waals surface area contributed by atoms with Crippen LogP contribution in [0, 0.1) is 18.3 Å². The minimum Gasteiger partial charge on any atom is -0.462 e. The number of imidazole rings is 1. The number of para-hydroxylation sites is 2. The van der Waals surface area contributed by atoms with Gasteiger partial charge in [0.1, 0.15) is 11.6 Å². The number of ether oxygens (including phenoxy) is 1. The summed E-state index contributed by atoms with van der Waals surface area (Å²) < 4.78 is 7.11. The normalized spacial score (nSPS) is 10.9. The second-order valence-electron chi connectivity index (χ2n) is 6.28. The molecule has 0 aliphatic carbocycles. The van der Waals surface area contributed by atoms with Crippen LogP contribution in [0.3, 0.4) is 0 Å². The molecule has 27 heavy (non-hydrogen) atoms. The fourth-order valence-electron chi connectivity index (χ4n) is 3.25. The lowest BCUT2D eigenvalue weighted by Gasteiger charge is -2.12. The molecule has 0 saturated heterocycles. The lowest BCUT2D eigenvalue weighted by molar-refractivity contribution is 0.0526. The number of carbonyl (C=O) groups is 1. The Morgan fingerprint density at radius 2 is 1.93 bits per heavy atom. The van der Waals surface area contributed by atoms with E-state index in [1.54, 1.807) is 13.0 Å². The van der Waals surface area contributed by atoms with Crippen molar-refractivity contribution in [2.75, 3.05) is 6.61 Å². The molecule has 0 spiro atoms. The fourth-order valence-corrected chi connectivity index (χ4v) is 3.25. The second-order valence-corrected chi connectivity index (χ2v) is 6.28. The highest BCUT2D eigenvalue weighted by atomic mass is 16.5. The van der Waals surface area contributed by atoms with Gasteiger partial charge in [0.2, 0.25) is 0 Å². The van der Waals surface area contributed by atoms with Gasteiger partial charge in [0, 0.05) is 0 Å². The topological polar surface area (TPSA) is 67.4 Å². The molecule has 0 unspecified atom stereocenters. The number of carbonyl (C=O) groups excluding carboxylic acids is 1. The number of nitrogens with zero attached hydrogens (tertiary/aromatic N) is 3. The minimum atomic E-state index is -0.517. The fraction of sp³-hybridized carbons (Fsp3) is 0.136. The van der Waals surface area contributed by atoms with Crippen molar-refractivity contribution in [1.29, 1.82) is 5.26 Å². The number of nitriles is 1. The van der Waals surface area contributed by atoms with Crippen molar-refractivity contribution in [3.05, 3.63) is 71.3 Å². The third kappa shape index (κ3) is 2.72. The van der Waals surface area contributed by atoms with Crippen molar-refractivity contribution in [3.63, 3.8) is 0 Å². The summed E-state index contributed by atoms with van der Waals surface area (Å²) in [6.45, 7) is 4.01. The van der Waals surface area contributed by atoms with Crippen LogP contribution in [0.15, 0.2) is 54.6 Å². The number of pyridine rings is 1. The standard InChI is InChI=1S/C22H17N3O2/c1-3-27-22(26)16-12-20(15-10-8-14(2)9-11-15)25-19-7-5-4-6-18(19)24-21(25)17(16)13-23/h4-12H,3H2,1-2H3. The van der Waals surface area contributed by atoms with Gasteiger partial charge in [0.05, 0.1) is 28.9 Å². The van der Waals surface area contributed by atoms with Crippen molar-refractivity contribution >= 4 is 22.6 Å². The van der Waals surface area contributed by atoms with Gasteiger partial charge in [-0.05, 0) is 37.6 Å². The van der Waals surface area contributed by atoms with Crippen LogP contribution in [0.1, 0.15) is 28.4 Å². The molecule has 0 saturated carbocycles. The van der Waals surface area contributed by atoms with E-state index in [9.17, 15) is 10.1 Å². The zero-order chi connectivity index (χ0) is 19.0. The first-order chi connectivity index (χ1) is 13.1. The van der Waals surface area contributed by atoms with Crippen molar-refractivity contribution < 1.29 is 9.53 Å². The van der Waals surface area contributed by atoms with E-state index >= 15 is 0 Å². The molecule has 5 nitrogen and oxygen atoms in total. The summed E-state index contributed by atoms with van der Waals surface area (Å²) in [5.74, 6) is -0.517. The SMILES string of the molecule is CCOC(=O)c1cc(-c2ccc(C)cc2)n2c(nc3ccccc32)c1C#N. The summed E-state index contributed by atoms with van der Waals surface area (Å²) in [6, 6.07) is 19.6. The van der Waals surface area contributed by atoms with Crippen LogP contribution in [0.4, 0.5) is 0 Å². The Bertz CT molecular complexity index is 1210. The Balaban J connectivity index is 2.15. The summed E-state index contributed by atoms with van der Waals surface area (Å²) in [6.07, 6.45) is 0. The quantitative estimate of drug-likeness (QED) is 0.507. The highest BCUT2D eigenvalue weighted by molar-refractivity contribution is 5.98. The van der Waals surface area contributed by atoms with E-state index in [4.69, 9.17) is 4.74 Å². The molecule has 0 amide bonds. The third-order valence-electron chi connectivity index (χ3n) is 4.53. The maximum absolute atomic E-state index is 12.5. The van der Waals surface area contributed by atoms with Crippen LogP contribution in [0.2, 0.25) is 0 Å².